The molecule has 1 N–H and O–H groups in total. The summed E-state index contributed by atoms with van der Waals surface area (Å²) in [6.45, 7) is 2.58. The number of benzene rings is 1. The van der Waals surface area contributed by atoms with Gasteiger partial charge in [-0.05, 0) is 30.9 Å². The van der Waals surface area contributed by atoms with Crippen molar-refractivity contribution < 1.29 is 13.2 Å². The zero-order valence-electron chi connectivity index (χ0n) is 11.8. The summed E-state index contributed by atoms with van der Waals surface area (Å²) in [7, 11) is -2.98. The van der Waals surface area contributed by atoms with Crippen molar-refractivity contribution in [3.05, 3.63) is 29.3 Å². The lowest BCUT2D eigenvalue weighted by molar-refractivity contribution is 0.0981. The molecule has 20 heavy (non-hydrogen) atoms. The highest BCUT2D eigenvalue weighted by molar-refractivity contribution is 7.91. The Hall–Kier alpha value is -1.36. The van der Waals surface area contributed by atoms with Crippen molar-refractivity contribution in [1.82, 2.24) is 0 Å². The minimum Gasteiger partial charge on any atom is -0.385 e. The predicted molar refractivity (Wildman–Crippen MR) is 81.1 cm³/mol. The summed E-state index contributed by atoms with van der Waals surface area (Å²) in [5, 5.41) is 3.30. The van der Waals surface area contributed by atoms with Crippen molar-refractivity contribution in [2.75, 3.05) is 23.4 Å². The second-order valence-corrected chi connectivity index (χ2v) is 7.60. The molecular formula is C15H21NO3S. The molecule has 0 bridgehead atoms. The third-order valence-electron chi connectivity index (χ3n) is 3.69. The Kier molecular flexibility index (Phi) is 4.81. The summed E-state index contributed by atoms with van der Waals surface area (Å²) >= 11 is 0. The summed E-state index contributed by atoms with van der Waals surface area (Å²) in [6.07, 6.45) is 2.65. The molecule has 0 aromatic heterocycles. The number of sulfone groups is 1. The molecule has 1 heterocycles. The van der Waals surface area contributed by atoms with Crippen LogP contribution in [0.2, 0.25) is 0 Å². The molecule has 0 radical (unpaired) electrons. The summed E-state index contributed by atoms with van der Waals surface area (Å²) in [5.41, 5.74) is 2.88. The van der Waals surface area contributed by atoms with E-state index in [2.05, 4.69) is 5.32 Å². The maximum Gasteiger partial charge on any atom is 0.163 e. The van der Waals surface area contributed by atoms with Crippen molar-refractivity contribution in [2.45, 2.75) is 32.6 Å². The number of carbonyl (C=O) groups excluding carboxylic acids is 1. The minimum absolute atomic E-state index is 0.0526. The number of fused-ring (bicyclic) bond motifs is 1. The van der Waals surface area contributed by atoms with Gasteiger partial charge in [-0.15, -0.1) is 0 Å². The molecule has 0 atom stereocenters. The predicted octanol–water partition coefficient (Wildman–Crippen LogP) is 2.44. The molecule has 0 aliphatic carbocycles. The van der Waals surface area contributed by atoms with E-state index in [1.165, 1.54) is 0 Å². The Morgan fingerprint density at radius 3 is 2.90 bits per heavy atom. The molecule has 1 aliphatic heterocycles. The quantitative estimate of drug-likeness (QED) is 0.819. The van der Waals surface area contributed by atoms with Gasteiger partial charge in [0.15, 0.2) is 5.78 Å². The monoisotopic (exact) mass is 295 g/mol. The highest BCUT2D eigenvalue weighted by atomic mass is 32.2. The van der Waals surface area contributed by atoms with Crippen LogP contribution in [0.3, 0.4) is 0 Å². The first-order valence-electron chi connectivity index (χ1n) is 7.13. The lowest BCUT2D eigenvalue weighted by Crippen LogP contribution is -2.16. The van der Waals surface area contributed by atoms with Crippen molar-refractivity contribution in [3.8, 4) is 0 Å². The van der Waals surface area contributed by atoms with Gasteiger partial charge in [0.25, 0.3) is 0 Å². The summed E-state index contributed by atoms with van der Waals surface area (Å²) in [4.78, 5) is 12.3. The molecule has 5 heteroatoms. The molecule has 0 saturated carbocycles. The average Bonchev–Trinajstić information content (AvgIpc) is 2.46. The maximum atomic E-state index is 12.3. The SMILES string of the molecule is CCS(=O)(=O)CCCC(=O)c1cccc2c1CCCN2. The Morgan fingerprint density at radius 2 is 2.15 bits per heavy atom. The zero-order valence-corrected chi connectivity index (χ0v) is 12.6. The molecule has 1 aromatic rings. The van der Waals surface area contributed by atoms with Crippen LogP contribution in [0.25, 0.3) is 0 Å². The first-order valence-corrected chi connectivity index (χ1v) is 8.95. The van der Waals surface area contributed by atoms with Crippen LogP contribution in [0.15, 0.2) is 18.2 Å². The zero-order chi connectivity index (χ0) is 14.6. The molecule has 0 spiro atoms. The van der Waals surface area contributed by atoms with Crippen LogP contribution < -0.4 is 5.32 Å². The number of hydrogen-bond donors (Lipinski definition) is 1. The first-order chi connectivity index (χ1) is 9.53. The first kappa shape index (κ1) is 15.0. The Balaban J connectivity index is 2.03. The van der Waals surface area contributed by atoms with Crippen molar-refractivity contribution in [2.24, 2.45) is 0 Å². The van der Waals surface area contributed by atoms with Crippen molar-refractivity contribution in [3.63, 3.8) is 0 Å². The van der Waals surface area contributed by atoms with Gasteiger partial charge in [-0.2, -0.15) is 0 Å². The summed E-state index contributed by atoms with van der Waals surface area (Å²) in [5.74, 6) is 0.297. The fourth-order valence-electron chi connectivity index (χ4n) is 2.50. The lowest BCUT2D eigenvalue weighted by atomic mass is 9.94. The maximum absolute atomic E-state index is 12.3. The molecule has 110 valence electrons. The van der Waals surface area contributed by atoms with E-state index in [1.807, 2.05) is 18.2 Å². The molecule has 1 aromatic carbocycles. The van der Waals surface area contributed by atoms with Crippen LogP contribution in [0.5, 0.6) is 0 Å². The topological polar surface area (TPSA) is 63.2 Å². The second-order valence-electron chi connectivity index (χ2n) is 5.13. The van der Waals surface area contributed by atoms with Gasteiger partial charge in [0.2, 0.25) is 0 Å². The Morgan fingerprint density at radius 1 is 1.35 bits per heavy atom. The Bertz CT molecular complexity index is 593. The largest absolute Gasteiger partial charge is 0.385 e. The number of Topliss-reactive ketones (excluding diaryl/α,β-unsaturated/α-hetero) is 1. The second kappa shape index (κ2) is 6.39. The van der Waals surface area contributed by atoms with E-state index in [0.29, 0.717) is 12.8 Å². The number of carbonyl (C=O) groups is 1. The molecule has 1 aliphatic rings. The van der Waals surface area contributed by atoms with Gasteiger partial charge in [0, 0.05) is 30.0 Å². The molecule has 0 saturated heterocycles. The highest BCUT2D eigenvalue weighted by Crippen LogP contribution is 2.26. The van der Waals surface area contributed by atoms with E-state index in [9.17, 15) is 13.2 Å². The van der Waals surface area contributed by atoms with Crippen molar-refractivity contribution in [1.29, 1.82) is 0 Å². The smallest absolute Gasteiger partial charge is 0.163 e. The summed E-state index contributed by atoms with van der Waals surface area (Å²) < 4.78 is 22.9. The highest BCUT2D eigenvalue weighted by Gasteiger charge is 2.17. The number of nitrogens with one attached hydrogen (secondary N) is 1. The fraction of sp³-hybridized carbons (Fsp3) is 0.533. The molecule has 0 unspecified atom stereocenters. The van der Waals surface area contributed by atoms with Crippen LogP contribution in [-0.4, -0.2) is 32.3 Å². The third-order valence-corrected chi connectivity index (χ3v) is 5.48. The van der Waals surface area contributed by atoms with Crippen LogP contribution in [0, 0.1) is 0 Å². The number of hydrogen-bond acceptors (Lipinski definition) is 4. The molecule has 2 rings (SSSR count). The van der Waals surface area contributed by atoms with E-state index >= 15 is 0 Å². The molecule has 0 fully saturated rings. The fourth-order valence-corrected chi connectivity index (χ4v) is 3.38. The van der Waals surface area contributed by atoms with E-state index in [0.717, 1.165) is 36.2 Å². The van der Waals surface area contributed by atoms with Crippen LogP contribution in [0.1, 0.15) is 42.1 Å². The van der Waals surface area contributed by atoms with Crippen molar-refractivity contribution >= 4 is 21.3 Å². The van der Waals surface area contributed by atoms with Crippen LogP contribution in [-0.2, 0) is 16.3 Å². The standard InChI is InChI=1S/C15H21NO3S/c1-2-20(18,19)11-5-9-15(17)13-6-3-8-14-12(13)7-4-10-16-14/h3,6,8,16H,2,4-5,7,9-11H2,1H3. The third kappa shape index (κ3) is 3.60. The molecular weight excluding hydrogens is 274 g/mol. The number of anilines is 1. The van der Waals surface area contributed by atoms with Gasteiger partial charge in [0.05, 0.1) is 5.75 Å². The Labute approximate surface area is 120 Å². The minimum atomic E-state index is -2.98. The van der Waals surface area contributed by atoms with Gasteiger partial charge in [0.1, 0.15) is 9.84 Å². The van der Waals surface area contributed by atoms with Crippen LogP contribution >= 0.6 is 0 Å². The molecule has 0 amide bonds. The van der Waals surface area contributed by atoms with Gasteiger partial charge in [-0.25, -0.2) is 8.42 Å². The lowest BCUT2D eigenvalue weighted by Gasteiger charge is -2.20. The van der Waals surface area contributed by atoms with E-state index in [1.54, 1.807) is 6.92 Å². The normalized spacial score (nSPS) is 14.4. The van der Waals surface area contributed by atoms with Gasteiger partial charge in [-0.3, -0.25) is 4.79 Å². The van der Waals surface area contributed by atoms with Crippen LogP contribution in [0.4, 0.5) is 5.69 Å². The van der Waals surface area contributed by atoms with Gasteiger partial charge in [-0.1, -0.05) is 19.1 Å². The van der Waals surface area contributed by atoms with E-state index in [4.69, 9.17) is 0 Å². The number of rotatable bonds is 6. The summed E-state index contributed by atoms with van der Waals surface area (Å²) in [6, 6.07) is 5.72. The van der Waals surface area contributed by atoms with E-state index in [-0.39, 0.29) is 17.3 Å². The number of ketones is 1. The molecule has 4 nitrogen and oxygen atoms in total. The van der Waals surface area contributed by atoms with Gasteiger partial charge >= 0.3 is 0 Å². The average molecular weight is 295 g/mol. The van der Waals surface area contributed by atoms with E-state index < -0.39 is 9.84 Å². The van der Waals surface area contributed by atoms with Gasteiger partial charge < -0.3 is 5.32 Å².